The summed E-state index contributed by atoms with van der Waals surface area (Å²) >= 11 is 1.45. The molecule has 2 heterocycles. The molecule has 0 radical (unpaired) electrons. The lowest BCUT2D eigenvalue weighted by Crippen LogP contribution is -2.12. The Morgan fingerprint density at radius 1 is 0.970 bits per heavy atom. The van der Waals surface area contributed by atoms with Gasteiger partial charge in [0, 0.05) is 22.9 Å². The van der Waals surface area contributed by atoms with Gasteiger partial charge in [-0.15, -0.1) is 0 Å². The van der Waals surface area contributed by atoms with Crippen molar-refractivity contribution >= 4 is 41.0 Å². The van der Waals surface area contributed by atoms with Crippen LogP contribution in [0, 0.1) is 5.92 Å². The molecule has 2 aromatic carbocycles. The smallest absolute Gasteiger partial charge is 0.234 e. The molecule has 0 unspecified atom stereocenters. The van der Waals surface area contributed by atoms with E-state index in [0.29, 0.717) is 35.8 Å². The standard InChI is InChI=1S/C25H24N6OS/c1-16-13-22(26-15-16)28-24-29-23(27-19-5-3-2-4-6-19)30-25(31-24)33-20-11-7-17(8-12-20)14-21(32)18-9-10-18/h2-8,11-13,18H,9-10,14-15H2,1H3,(H2,26,27,28,29,30,31). The molecule has 3 aromatic rings. The molecule has 7 nitrogen and oxygen atoms in total. The zero-order valence-corrected chi connectivity index (χ0v) is 19.1. The molecule has 1 aliphatic heterocycles. The van der Waals surface area contributed by atoms with E-state index >= 15 is 0 Å². The van der Waals surface area contributed by atoms with E-state index in [1.807, 2.05) is 67.6 Å². The lowest BCUT2D eigenvalue weighted by molar-refractivity contribution is -0.119. The van der Waals surface area contributed by atoms with Crippen molar-refractivity contribution in [1.29, 1.82) is 0 Å². The quantitative estimate of drug-likeness (QED) is 0.489. The Balaban J connectivity index is 1.35. The van der Waals surface area contributed by atoms with Crippen LogP contribution < -0.4 is 10.6 Å². The Labute approximate surface area is 196 Å². The number of para-hydroxylation sites is 1. The normalized spacial score (nSPS) is 15.1. The summed E-state index contributed by atoms with van der Waals surface area (Å²) in [7, 11) is 0. The summed E-state index contributed by atoms with van der Waals surface area (Å²) in [6, 6.07) is 17.8. The van der Waals surface area contributed by atoms with Gasteiger partial charge in [0.05, 0.1) is 6.54 Å². The van der Waals surface area contributed by atoms with E-state index in [0.717, 1.165) is 34.8 Å². The van der Waals surface area contributed by atoms with Crippen molar-refractivity contribution in [1.82, 2.24) is 15.0 Å². The third-order valence-electron chi connectivity index (χ3n) is 5.31. The van der Waals surface area contributed by atoms with Gasteiger partial charge < -0.3 is 10.6 Å². The van der Waals surface area contributed by atoms with Crippen LogP contribution in [0.5, 0.6) is 0 Å². The average Bonchev–Trinajstić information content (AvgIpc) is 3.58. The third-order valence-corrected chi connectivity index (χ3v) is 6.18. The van der Waals surface area contributed by atoms with Gasteiger partial charge in [-0.05, 0) is 73.0 Å². The summed E-state index contributed by atoms with van der Waals surface area (Å²) in [5.74, 6) is 2.26. The van der Waals surface area contributed by atoms with Crippen LogP contribution in [0.15, 0.2) is 81.3 Å². The van der Waals surface area contributed by atoms with Crippen molar-refractivity contribution in [3.05, 3.63) is 71.8 Å². The molecular formula is C25H24N6OS. The van der Waals surface area contributed by atoms with Gasteiger partial charge in [0.1, 0.15) is 11.6 Å². The van der Waals surface area contributed by atoms with Crippen molar-refractivity contribution in [2.45, 2.75) is 36.2 Å². The maximum atomic E-state index is 12.1. The van der Waals surface area contributed by atoms with Crippen LogP contribution in [0.1, 0.15) is 25.3 Å². The van der Waals surface area contributed by atoms with Crippen molar-refractivity contribution in [2.75, 3.05) is 17.2 Å². The predicted octanol–water partition coefficient (Wildman–Crippen LogP) is 5.06. The first-order valence-electron chi connectivity index (χ1n) is 11.0. The number of amidine groups is 1. The van der Waals surface area contributed by atoms with E-state index in [2.05, 4.69) is 30.6 Å². The van der Waals surface area contributed by atoms with Crippen molar-refractivity contribution in [3.8, 4) is 0 Å². The lowest BCUT2D eigenvalue weighted by atomic mass is 10.1. The monoisotopic (exact) mass is 456 g/mol. The Morgan fingerprint density at radius 2 is 1.70 bits per heavy atom. The summed E-state index contributed by atoms with van der Waals surface area (Å²) in [6.07, 6.45) is 4.59. The van der Waals surface area contributed by atoms with Gasteiger partial charge >= 0.3 is 0 Å². The van der Waals surface area contributed by atoms with Crippen LogP contribution in [0.3, 0.4) is 0 Å². The number of nitrogens with zero attached hydrogens (tertiary/aromatic N) is 4. The molecule has 5 rings (SSSR count). The van der Waals surface area contributed by atoms with Crippen molar-refractivity contribution < 1.29 is 4.79 Å². The fraction of sp³-hybridized carbons (Fsp3) is 0.240. The number of aromatic nitrogens is 3. The lowest BCUT2D eigenvalue weighted by Gasteiger charge is -2.10. The third kappa shape index (κ3) is 5.84. The number of rotatable bonds is 8. The van der Waals surface area contributed by atoms with E-state index < -0.39 is 0 Å². The van der Waals surface area contributed by atoms with Gasteiger partial charge in [-0.2, -0.15) is 15.0 Å². The number of benzene rings is 2. The fourth-order valence-electron chi connectivity index (χ4n) is 3.42. The van der Waals surface area contributed by atoms with Crippen LogP contribution in [-0.2, 0) is 11.2 Å². The maximum Gasteiger partial charge on any atom is 0.234 e. The number of nitrogens with one attached hydrogen (secondary N) is 2. The Bertz CT molecular complexity index is 1220. The number of ketones is 1. The van der Waals surface area contributed by atoms with Gasteiger partial charge in [0.15, 0.2) is 5.16 Å². The minimum Gasteiger partial charge on any atom is -0.324 e. The first-order valence-corrected chi connectivity index (χ1v) is 11.8. The number of carbonyl (C=O) groups excluding carboxylic acids is 1. The Morgan fingerprint density at radius 3 is 2.36 bits per heavy atom. The molecule has 8 heteroatoms. The largest absolute Gasteiger partial charge is 0.324 e. The zero-order chi connectivity index (χ0) is 22.6. The maximum absolute atomic E-state index is 12.1. The van der Waals surface area contributed by atoms with Crippen LogP contribution in [0.2, 0.25) is 0 Å². The second-order valence-corrected chi connectivity index (χ2v) is 9.28. The highest BCUT2D eigenvalue weighted by Crippen LogP contribution is 2.32. The summed E-state index contributed by atoms with van der Waals surface area (Å²) < 4.78 is 0. The zero-order valence-electron chi connectivity index (χ0n) is 18.3. The van der Waals surface area contributed by atoms with Crippen LogP contribution in [0.25, 0.3) is 0 Å². The highest BCUT2D eigenvalue weighted by molar-refractivity contribution is 7.99. The molecule has 0 spiro atoms. The second-order valence-electron chi connectivity index (χ2n) is 8.24. The van der Waals surface area contributed by atoms with Crippen LogP contribution in [0.4, 0.5) is 17.6 Å². The Hall–Kier alpha value is -3.52. The number of aliphatic imine (C=N–C) groups is 1. The summed E-state index contributed by atoms with van der Waals surface area (Å²) in [5, 5.41) is 7.00. The molecule has 2 aliphatic rings. The molecule has 0 atom stereocenters. The topological polar surface area (TPSA) is 92.2 Å². The molecule has 1 aliphatic carbocycles. The van der Waals surface area contributed by atoms with Crippen molar-refractivity contribution in [2.24, 2.45) is 10.9 Å². The predicted molar refractivity (Wildman–Crippen MR) is 131 cm³/mol. The number of hydrogen-bond acceptors (Lipinski definition) is 8. The van der Waals surface area contributed by atoms with Crippen molar-refractivity contribution in [3.63, 3.8) is 0 Å². The summed E-state index contributed by atoms with van der Waals surface area (Å²) in [5.41, 5.74) is 3.12. The molecule has 33 heavy (non-hydrogen) atoms. The van der Waals surface area contributed by atoms with Gasteiger partial charge in [-0.3, -0.25) is 9.79 Å². The van der Waals surface area contributed by atoms with E-state index in [9.17, 15) is 4.79 Å². The molecule has 1 saturated carbocycles. The molecule has 0 amide bonds. The summed E-state index contributed by atoms with van der Waals surface area (Å²) in [4.78, 5) is 31.2. The summed E-state index contributed by atoms with van der Waals surface area (Å²) in [6.45, 7) is 2.72. The number of Topliss-reactive ketones (excluding diaryl/α,β-unsaturated/α-hetero) is 1. The molecule has 1 aromatic heterocycles. The fourth-order valence-corrected chi connectivity index (χ4v) is 4.17. The number of carbonyl (C=O) groups is 1. The van der Waals surface area contributed by atoms with E-state index in [1.54, 1.807) is 0 Å². The molecule has 2 N–H and O–H groups in total. The number of anilines is 3. The molecule has 166 valence electrons. The van der Waals surface area contributed by atoms with E-state index in [1.165, 1.54) is 17.3 Å². The van der Waals surface area contributed by atoms with E-state index in [4.69, 9.17) is 0 Å². The first-order chi connectivity index (χ1) is 16.1. The SMILES string of the molecule is CC1=CC(Nc2nc(Nc3ccccc3)nc(Sc3ccc(CC(=O)C4CC4)cc3)n2)=NC1. The minimum atomic E-state index is 0.286. The highest BCUT2D eigenvalue weighted by Gasteiger charge is 2.29. The molecule has 1 fully saturated rings. The Kier molecular flexibility index (Phi) is 6.17. The van der Waals surface area contributed by atoms with Crippen LogP contribution in [-0.4, -0.2) is 33.1 Å². The van der Waals surface area contributed by atoms with Gasteiger partial charge in [-0.25, -0.2) is 0 Å². The van der Waals surface area contributed by atoms with Gasteiger partial charge in [0.2, 0.25) is 11.9 Å². The van der Waals surface area contributed by atoms with Gasteiger partial charge in [0.25, 0.3) is 0 Å². The highest BCUT2D eigenvalue weighted by atomic mass is 32.2. The molecule has 0 saturated heterocycles. The number of hydrogen-bond donors (Lipinski definition) is 2. The minimum absolute atomic E-state index is 0.286. The van der Waals surface area contributed by atoms with Crippen LogP contribution >= 0.6 is 11.8 Å². The van der Waals surface area contributed by atoms with E-state index in [-0.39, 0.29) is 5.92 Å². The molecule has 0 bridgehead atoms. The second kappa shape index (κ2) is 9.54. The first kappa shape index (κ1) is 21.3. The average molecular weight is 457 g/mol. The molecular weight excluding hydrogens is 432 g/mol. The van der Waals surface area contributed by atoms with Gasteiger partial charge in [-0.1, -0.05) is 30.3 Å².